The average Bonchev–Trinajstić information content (AvgIpc) is 2.78. The Hall–Kier alpha value is -1.07. The van der Waals surface area contributed by atoms with Crippen molar-refractivity contribution in [2.24, 2.45) is 0 Å². The lowest BCUT2D eigenvalue weighted by molar-refractivity contribution is 0.102. The second-order valence-electron chi connectivity index (χ2n) is 7.60. The zero-order valence-electron chi connectivity index (χ0n) is 17.1. The van der Waals surface area contributed by atoms with Crippen LogP contribution in [0.5, 0.6) is 0 Å². The van der Waals surface area contributed by atoms with Crippen LogP contribution in [0.25, 0.3) is 0 Å². The second-order valence-corrected chi connectivity index (χ2v) is 10.8. The number of piperazine rings is 1. The number of halogens is 4. The van der Waals surface area contributed by atoms with Gasteiger partial charge in [-0.05, 0) is 93.2 Å². The topological polar surface area (TPSA) is 35.6 Å². The Labute approximate surface area is 225 Å². The van der Waals surface area contributed by atoms with E-state index in [0.29, 0.717) is 16.3 Å². The average molecular weight is 692 g/mol. The molecule has 1 saturated heterocycles. The number of nitrogens with zero attached hydrogens (tertiary/aromatic N) is 2. The number of rotatable bonds is 5. The van der Waals surface area contributed by atoms with Crippen LogP contribution in [-0.4, -0.2) is 37.0 Å². The van der Waals surface area contributed by atoms with Gasteiger partial charge in [-0.15, -0.1) is 0 Å². The maximum atomic E-state index is 12.7. The summed E-state index contributed by atoms with van der Waals surface area (Å²) in [6.45, 7) is 4.49. The highest BCUT2D eigenvalue weighted by atomic mass is 127. The van der Waals surface area contributed by atoms with Gasteiger partial charge in [0.2, 0.25) is 0 Å². The molecule has 0 bridgehead atoms. The molecule has 1 aliphatic heterocycles. The molecular weight excluding hydrogens is 671 g/mol. The first kappa shape index (κ1) is 24.1. The highest BCUT2D eigenvalue weighted by molar-refractivity contribution is 14.1. The standard InChI is InChI=1S/C24H21Cl2I2N3O/c25-20-4-2-1-3-16(20)15-30-9-11-31(12-10-30)23-8-6-18(14-21(23)26)29-24(32)19-13-17(27)5-7-22(19)28/h1-8,13-14H,9-12,15H2,(H,29,32). The molecule has 8 heteroatoms. The molecule has 1 aliphatic rings. The first-order valence-corrected chi connectivity index (χ1v) is 13.1. The normalized spacial score (nSPS) is 14.4. The highest BCUT2D eigenvalue weighted by Crippen LogP contribution is 2.30. The molecule has 3 aromatic rings. The third kappa shape index (κ3) is 5.88. The molecule has 0 saturated carbocycles. The van der Waals surface area contributed by atoms with Gasteiger partial charge in [0.25, 0.3) is 5.91 Å². The van der Waals surface area contributed by atoms with E-state index in [-0.39, 0.29) is 5.91 Å². The Bertz CT molecular complexity index is 1130. The summed E-state index contributed by atoms with van der Waals surface area (Å²) in [6.07, 6.45) is 0. The summed E-state index contributed by atoms with van der Waals surface area (Å²) in [5, 5.41) is 4.42. The van der Waals surface area contributed by atoms with Crippen LogP contribution in [-0.2, 0) is 6.54 Å². The molecule has 0 unspecified atom stereocenters. The molecule has 166 valence electrons. The van der Waals surface area contributed by atoms with Crippen LogP contribution in [0.3, 0.4) is 0 Å². The van der Waals surface area contributed by atoms with Crippen molar-refractivity contribution in [1.29, 1.82) is 0 Å². The molecule has 0 atom stereocenters. The fourth-order valence-corrected chi connectivity index (χ4v) is 5.29. The third-order valence-electron chi connectivity index (χ3n) is 5.44. The van der Waals surface area contributed by atoms with Crippen LogP contribution in [0.2, 0.25) is 10.0 Å². The van der Waals surface area contributed by atoms with Gasteiger partial charge in [0, 0.05) is 50.6 Å². The number of carbonyl (C=O) groups is 1. The number of nitrogens with one attached hydrogen (secondary N) is 1. The predicted octanol–water partition coefficient (Wildman–Crippen LogP) is 6.78. The van der Waals surface area contributed by atoms with Crippen LogP contribution in [0.4, 0.5) is 11.4 Å². The van der Waals surface area contributed by atoms with Crippen molar-refractivity contribution in [1.82, 2.24) is 4.90 Å². The number of carbonyl (C=O) groups excluding carboxylic acids is 1. The summed E-state index contributed by atoms with van der Waals surface area (Å²) < 4.78 is 1.94. The van der Waals surface area contributed by atoms with Crippen LogP contribution in [0.1, 0.15) is 15.9 Å². The molecule has 1 amide bonds. The Kier molecular flexibility index (Phi) is 8.20. The minimum atomic E-state index is -0.134. The summed E-state index contributed by atoms with van der Waals surface area (Å²) in [5.74, 6) is -0.134. The fourth-order valence-electron chi connectivity index (χ4n) is 3.73. The number of benzene rings is 3. The van der Waals surface area contributed by atoms with Crippen molar-refractivity contribution < 1.29 is 4.79 Å². The number of amides is 1. The van der Waals surface area contributed by atoms with E-state index in [2.05, 4.69) is 66.4 Å². The molecule has 0 radical (unpaired) electrons. The van der Waals surface area contributed by atoms with E-state index in [1.165, 1.54) is 0 Å². The van der Waals surface area contributed by atoms with E-state index >= 15 is 0 Å². The van der Waals surface area contributed by atoms with E-state index in [4.69, 9.17) is 23.2 Å². The van der Waals surface area contributed by atoms with E-state index in [0.717, 1.165) is 56.1 Å². The quantitative estimate of drug-likeness (QED) is 0.300. The van der Waals surface area contributed by atoms with Gasteiger partial charge in [0.05, 0.1) is 16.3 Å². The molecule has 1 fully saturated rings. The zero-order chi connectivity index (χ0) is 22.7. The van der Waals surface area contributed by atoms with Crippen molar-refractivity contribution >= 4 is 85.7 Å². The molecule has 0 aromatic heterocycles. The molecule has 1 N–H and O–H groups in total. The summed E-state index contributed by atoms with van der Waals surface area (Å²) >= 11 is 17.3. The van der Waals surface area contributed by atoms with Gasteiger partial charge in [0.1, 0.15) is 0 Å². The van der Waals surface area contributed by atoms with Crippen molar-refractivity contribution in [2.75, 3.05) is 36.4 Å². The largest absolute Gasteiger partial charge is 0.368 e. The Morgan fingerprint density at radius 3 is 2.38 bits per heavy atom. The molecule has 32 heavy (non-hydrogen) atoms. The van der Waals surface area contributed by atoms with E-state index in [9.17, 15) is 4.79 Å². The molecular formula is C24H21Cl2I2N3O. The number of hydrogen-bond acceptors (Lipinski definition) is 3. The van der Waals surface area contributed by atoms with E-state index in [1.54, 1.807) is 0 Å². The van der Waals surface area contributed by atoms with Crippen molar-refractivity contribution in [3.05, 3.63) is 89.0 Å². The molecule has 4 rings (SSSR count). The second kappa shape index (κ2) is 10.9. The molecule has 4 nitrogen and oxygen atoms in total. The molecule has 1 heterocycles. The minimum Gasteiger partial charge on any atom is -0.368 e. The smallest absolute Gasteiger partial charge is 0.256 e. The summed E-state index contributed by atoms with van der Waals surface area (Å²) in [6, 6.07) is 19.5. The van der Waals surface area contributed by atoms with Crippen molar-refractivity contribution in [3.8, 4) is 0 Å². The lowest BCUT2D eigenvalue weighted by atomic mass is 10.1. The Morgan fingerprint density at radius 1 is 0.906 bits per heavy atom. The van der Waals surface area contributed by atoms with Gasteiger partial charge >= 0.3 is 0 Å². The third-order valence-corrected chi connectivity index (χ3v) is 7.73. The number of hydrogen-bond donors (Lipinski definition) is 1. The zero-order valence-corrected chi connectivity index (χ0v) is 23.0. The lowest BCUT2D eigenvalue weighted by Gasteiger charge is -2.36. The molecule has 0 spiro atoms. The first-order chi connectivity index (χ1) is 15.4. The van der Waals surface area contributed by atoms with Crippen molar-refractivity contribution in [3.63, 3.8) is 0 Å². The van der Waals surface area contributed by atoms with Crippen LogP contribution < -0.4 is 10.2 Å². The maximum absolute atomic E-state index is 12.7. The SMILES string of the molecule is O=C(Nc1ccc(N2CCN(Cc3ccccc3Cl)CC2)c(Cl)c1)c1cc(I)ccc1I. The fraction of sp³-hybridized carbons (Fsp3) is 0.208. The van der Waals surface area contributed by atoms with Gasteiger partial charge in [-0.25, -0.2) is 0 Å². The minimum absolute atomic E-state index is 0.134. The Balaban J connectivity index is 1.38. The number of anilines is 2. The van der Waals surface area contributed by atoms with Gasteiger partial charge in [-0.3, -0.25) is 9.69 Å². The summed E-state index contributed by atoms with van der Waals surface area (Å²) in [4.78, 5) is 17.4. The molecule has 0 aliphatic carbocycles. The van der Waals surface area contributed by atoms with Crippen LogP contribution >= 0.6 is 68.4 Å². The van der Waals surface area contributed by atoms with Crippen LogP contribution in [0.15, 0.2) is 60.7 Å². The van der Waals surface area contributed by atoms with E-state index in [1.807, 2.05) is 54.6 Å². The molecule has 3 aromatic carbocycles. The van der Waals surface area contributed by atoms with Crippen molar-refractivity contribution in [2.45, 2.75) is 6.54 Å². The summed E-state index contributed by atoms with van der Waals surface area (Å²) in [7, 11) is 0. The van der Waals surface area contributed by atoms with Gasteiger partial charge in [-0.1, -0.05) is 41.4 Å². The van der Waals surface area contributed by atoms with Gasteiger partial charge in [-0.2, -0.15) is 0 Å². The lowest BCUT2D eigenvalue weighted by Crippen LogP contribution is -2.46. The Morgan fingerprint density at radius 2 is 1.66 bits per heavy atom. The monoisotopic (exact) mass is 691 g/mol. The predicted molar refractivity (Wildman–Crippen MR) is 150 cm³/mol. The van der Waals surface area contributed by atoms with Crippen LogP contribution in [0, 0.1) is 7.14 Å². The van der Waals surface area contributed by atoms with Gasteiger partial charge in [0.15, 0.2) is 0 Å². The highest BCUT2D eigenvalue weighted by Gasteiger charge is 2.20. The first-order valence-electron chi connectivity index (χ1n) is 10.2. The van der Waals surface area contributed by atoms with E-state index < -0.39 is 0 Å². The summed E-state index contributed by atoms with van der Waals surface area (Å²) in [5.41, 5.74) is 3.50. The maximum Gasteiger partial charge on any atom is 0.256 e. The van der Waals surface area contributed by atoms with Gasteiger partial charge < -0.3 is 10.2 Å².